The van der Waals surface area contributed by atoms with E-state index in [1.54, 1.807) is 12.1 Å². The summed E-state index contributed by atoms with van der Waals surface area (Å²) in [4.78, 5) is 48.3. The molecule has 0 N–H and O–H groups in total. The molecular weight excluding hydrogens is 514 g/mol. The van der Waals surface area contributed by atoms with Crippen molar-refractivity contribution in [3.05, 3.63) is 46.2 Å². The number of Topliss-reactive ketones (excluding diaryl/α,β-unsaturated/α-hetero) is 4. The Balaban J connectivity index is 1.71. The van der Waals surface area contributed by atoms with Gasteiger partial charge in [-0.2, -0.15) is 26.3 Å². The number of hydrogen-bond acceptors (Lipinski definition) is 7. The smallest absolute Gasteiger partial charge is 0.293 e. The van der Waals surface area contributed by atoms with Crippen molar-refractivity contribution in [2.45, 2.75) is 25.2 Å². The maximum Gasteiger partial charge on any atom is 0.450 e. The number of rotatable bonds is 8. The number of hydrogen-bond donors (Lipinski definition) is 0. The molecule has 0 unspecified atom stereocenters. The van der Waals surface area contributed by atoms with Crippen LogP contribution in [-0.2, 0) is 9.59 Å². The van der Waals surface area contributed by atoms with Gasteiger partial charge in [0.2, 0.25) is 11.6 Å². The van der Waals surface area contributed by atoms with Gasteiger partial charge in [-0.25, -0.2) is 0 Å². The molecule has 13 heteroatoms. The molecule has 0 aliphatic heterocycles. The van der Waals surface area contributed by atoms with Crippen LogP contribution in [0.1, 0.15) is 32.2 Å². The van der Waals surface area contributed by atoms with Crippen molar-refractivity contribution in [2.75, 3.05) is 0 Å². The van der Waals surface area contributed by atoms with E-state index >= 15 is 0 Å². The van der Waals surface area contributed by atoms with E-state index in [1.807, 2.05) is 0 Å². The first-order valence-electron chi connectivity index (χ1n) is 8.82. The fraction of sp³-hybridized carbons (Fsp3) is 0.200. The van der Waals surface area contributed by atoms with Gasteiger partial charge in [0.1, 0.15) is 0 Å². The van der Waals surface area contributed by atoms with Crippen LogP contribution >= 0.6 is 34.0 Å². The number of carbonyl (C=O) groups is 4. The minimum absolute atomic E-state index is 0.00381. The predicted octanol–water partition coefficient (Wildman–Crippen LogP) is 6.61. The molecule has 3 rings (SSSR count). The summed E-state index contributed by atoms with van der Waals surface area (Å²) < 4.78 is 74.1. The third-order valence-corrected chi connectivity index (χ3v) is 7.86. The lowest BCUT2D eigenvalue weighted by Crippen LogP contribution is -2.25. The molecule has 0 aliphatic rings. The molecule has 0 amide bonds. The van der Waals surface area contributed by atoms with Crippen LogP contribution in [-0.4, -0.2) is 35.5 Å². The van der Waals surface area contributed by atoms with Crippen molar-refractivity contribution in [3.63, 3.8) is 0 Å². The van der Waals surface area contributed by atoms with Crippen LogP contribution < -0.4 is 0 Å². The molecule has 0 fully saturated rings. The summed E-state index contributed by atoms with van der Waals surface area (Å²) in [6.45, 7) is 0. The van der Waals surface area contributed by atoms with Crippen molar-refractivity contribution in [3.8, 4) is 19.5 Å². The number of alkyl halides is 6. The minimum Gasteiger partial charge on any atom is -0.293 e. The lowest BCUT2D eigenvalue weighted by Gasteiger charge is -2.02. The normalized spacial score (nSPS) is 12.1. The second-order valence-corrected chi connectivity index (χ2v) is 9.78. The summed E-state index contributed by atoms with van der Waals surface area (Å²) in [5.41, 5.74) is 0. The third-order valence-electron chi connectivity index (χ3n) is 4.13. The highest BCUT2D eigenvalue weighted by Gasteiger charge is 2.40. The van der Waals surface area contributed by atoms with Crippen LogP contribution in [0.2, 0.25) is 0 Å². The molecule has 3 aromatic rings. The first-order valence-corrected chi connectivity index (χ1v) is 11.3. The molecule has 0 aliphatic carbocycles. The minimum atomic E-state index is -5.08. The van der Waals surface area contributed by atoms with Crippen LogP contribution in [0.4, 0.5) is 26.3 Å². The Labute approximate surface area is 193 Å². The van der Waals surface area contributed by atoms with Crippen molar-refractivity contribution >= 4 is 57.1 Å². The molecule has 0 saturated heterocycles. The Morgan fingerprint density at radius 2 is 0.848 bits per heavy atom. The standard InChI is InChI=1S/C20H10F6O4S3/c21-19(22,23)17(29)7-9(27)11-1-3-13(31-11)15-5-6-16(33-15)14-4-2-12(32-14)10(28)8-18(30)20(24,25)26/h1-6H,7-8H2. The van der Waals surface area contributed by atoms with E-state index < -0.39 is 48.3 Å². The topological polar surface area (TPSA) is 68.3 Å². The van der Waals surface area contributed by atoms with Crippen LogP contribution in [0.5, 0.6) is 0 Å². The molecule has 0 atom stereocenters. The first kappa shape index (κ1) is 25.0. The Hall–Kier alpha value is -2.64. The number of ketones is 4. The zero-order chi connectivity index (χ0) is 24.6. The Morgan fingerprint density at radius 3 is 1.18 bits per heavy atom. The molecule has 0 radical (unpaired) electrons. The Bertz CT molecular complexity index is 1140. The average Bonchev–Trinajstić information content (AvgIpc) is 3.45. The number of carbonyl (C=O) groups excluding carboxylic acids is 4. The van der Waals surface area contributed by atoms with Gasteiger partial charge in [-0.05, 0) is 36.4 Å². The first-order chi connectivity index (χ1) is 15.3. The quantitative estimate of drug-likeness (QED) is 0.189. The molecule has 0 bridgehead atoms. The van der Waals surface area contributed by atoms with Gasteiger partial charge in [-0.15, -0.1) is 34.0 Å². The van der Waals surface area contributed by atoms with Gasteiger partial charge < -0.3 is 0 Å². The highest BCUT2D eigenvalue weighted by atomic mass is 32.1. The average molecular weight is 524 g/mol. The summed E-state index contributed by atoms with van der Waals surface area (Å²) in [7, 11) is 0. The highest BCUT2D eigenvalue weighted by molar-refractivity contribution is 7.27. The molecule has 0 spiro atoms. The Morgan fingerprint density at radius 1 is 0.545 bits per heavy atom. The Kier molecular flexibility index (Phi) is 7.05. The van der Waals surface area contributed by atoms with Crippen molar-refractivity contribution in [1.82, 2.24) is 0 Å². The van der Waals surface area contributed by atoms with E-state index in [0.29, 0.717) is 19.5 Å². The summed E-state index contributed by atoms with van der Waals surface area (Å²) in [6, 6.07) is 9.05. The van der Waals surface area contributed by atoms with Crippen LogP contribution in [0, 0.1) is 0 Å². The van der Waals surface area contributed by atoms with Crippen molar-refractivity contribution < 1.29 is 45.5 Å². The van der Waals surface area contributed by atoms with E-state index in [-0.39, 0.29) is 9.75 Å². The van der Waals surface area contributed by atoms with Gasteiger partial charge in [0, 0.05) is 19.5 Å². The van der Waals surface area contributed by atoms with E-state index in [4.69, 9.17) is 0 Å². The monoisotopic (exact) mass is 524 g/mol. The fourth-order valence-electron chi connectivity index (χ4n) is 2.51. The molecule has 3 heterocycles. The molecular formula is C20H10F6O4S3. The van der Waals surface area contributed by atoms with Gasteiger partial charge in [-0.1, -0.05) is 0 Å². The largest absolute Gasteiger partial charge is 0.450 e. The van der Waals surface area contributed by atoms with Gasteiger partial charge >= 0.3 is 12.4 Å². The van der Waals surface area contributed by atoms with Gasteiger partial charge in [-0.3, -0.25) is 19.2 Å². The van der Waals surface area contributed by atoms with E-state index in [9.17, 15) is 45.5 Å². The summed E-state index contributed by atoms with van der Waals surface area (Å²) in [6.07, 6.45) is -12.7. The molecule has 0 saturated carbocycles. The molecule has 33 heavy (non-hydrogen) atoms. The predicted molar refractivity (Wildman–Crippen MR) is 111 cm³/mol. The highest BCUT2D eigenvalue weighted by Crippen LogP contribution is 2.40. The third kappa shape index (κ3) is 6.03. The van der Waals surface area contributed by atoms with Gasteiger partial charge in [0.25, 0.3) is 0 Å². The second kappa shape index (κ2) is 9.31. The molecule has 0 aromatic carbocycles. The maximum atomic E-state index is 12.3. The van der Waals surface area contributed by atoms with Gasteiger partial charge in [0.05, 0.1) is 22.6 Å². The van der Waals surface area contributed by atoms with Crippen LogP contribution in [0.25, 0.3) is 19.5 Å². The molecule has 174 valence electrons. The maximum absolute atomic E-state index is 12.3. The summed E-state index contributed by atoms with van der Waals surface area (Å²) in [5, 5.41) is 0. The lowest BCUT2D eigenvalue weighted by molar-refractivity contribution is -0.170. The van der Waals surface area contributed by atoms with Gasteiger partial charge in [0.15, 0.2) is 11.6 Å². The zero-order valence-electron chi connectivity index (χ0n) is 16.0. The number of thiophene rings is 3. The van der Waals surface area contributed by atoms with E-state index in [0.717, 1.165) is 22.7 Å². The fourth-order valence-corrected chi connectivity index (χ4v) is 5.58. The zero-order valence-corrected chi connectivity index (χ0v) is 18.5. The SMILES string of the molecule is O=C(CC(=O)C(F)(F)F)c1ccc(-c2ccc(-c3ccc(C(=O)CC(=O)C(F)(F)F)s3)s2)s1. The van der Waals surface area contributed by atoms with Crippen molar-refractivity contribution in [1.29, 1.82) is 0 Å². The van der Waals surface area contributed by atoms with Crippen LogP contribution in [0.15, 0.2) is 36.4 Å². The summed E-state index contributed by atoms with van der Waals surface area (Å²) in [5.74, 6) is -6.14. The molecule has 4 nitrogen and oxygen atoms in total. The van der Waals surface area contributed by atoms with Crippen LogP contribution in [0.3, 0.4) is 0 Å². The van der Waals surface area contributed by atoms with E-state index in [1.165, 1.54) is 35.6 Å². The number of halogens is 6. The second-order valence-electron chi connectivity index (χ2n) is 6.53. The summed E-state index contributed by atoms with van der Waals surface area (Å²) >= 11 is 3.07. The van der Waals surface area contributed by atoms with E-state index in [2.05, 4.69) is 0 Å². The molecule has 3 aromatic heterocycles. The lowest BCUT2D eigenvalue weighted by atomic mass is 10.1. The van der Waals surface area contributed by atoms with Crippen molar-refractivity contribution in [2.24, 2.45) is 0 Å².